The highest BCUT2D eigenvalue weighted by atomic mass is 32.1. The zero-order valence-electron chi connectivity index (χ0n) is 14.7. The van der Waals surface area contributed by atoms with Crippen molar-refractivity contribution in [2.75, 3.05) is 7.11 Å². The molecule has 3 rings (SSSR count). The molecule has 0 saturated heterocycles. The minimum atomic E-state index is -0.386. The average molecular weight is 375 g/mol. The van der Waals surface area contributed by atoms with Gasteiger partial charge in [0.15, 0.2) is 5.78 Å². The van der Waals surface area contributed by atoms with Crippen LogP contribution in [0.25, 0.3) is 6.08 Å². The monoisotopic (exact) mass is 375 g/mol. The van der Waals surface area contributed by atoms with Gasteiger partial charge in [-0.15, -0.1) is 11.3 Å². The molecule has 0 bridgehead atoms. The van der Waals surface area contributed by atoms with Gasteiger partial charge in [-0.3, -0.25) is 9.79 Å². The molecular weight excluding hydrogens is 358 g/mol. The van der Waals surface area contributed by atoms with Crippen LogP contribution in [0.15, 0.2) is 77.1 Å². The van der Waals surface area contributed by atoms with Gasteiger partial charge in [0, 0.05) is 16.7 Å². The first-order valence-electron chi connectivity index (χ1n) is 8.24. The molecule has 0 saturated carbocycles. The summed E-state index contributed by atoms with van der Waals surface area (Å²) in [5.74, 6) is -0.482. The first kappa shape index (κ1) is 18.5. The Morgan fingerprint density at radius 1 is 0.963 bits per heavy atom. The zero-order chi connectivity index (χ0) is 19.1. The number of aliphatic imine (C=N–C) groups is 1. The van der Waals surface area contributed by atoms with Gasteiger partial charge < -0.3 is 4.74 Å². The summed E-state index contributed by atoms with van der Waals surface area (Å²) in [6.45, 7) is 0. The van der Waals surface area contributed by atoms with Gasteiger partial charge >= 0.3 is 5.97 Å². The topological polar surface area (TPSA) is 55.7 Å². The summed E-state index contributed by atoms with van der Waals surface area (Å²) in [6, 6.07) is 18.0. The Bertz CT molecular complexity index is 969. The number of hydrogen-bond acceptors (Lipinski definition) is 5. The lowest BCUT2D eigenvalue weighted by atomic mass is 10.1. The molecule has 0 radical (unpaired) electrons. The highest BCUT2D eigenvalue weighted by Gasteiger charge is 2.04. The molecule has 0 fully saturated rings. The molecule has 0 aliphatic rings. The van der Waals surface area contributed by atoms with Crippen molar-refractivity contribution < 1.29 is 14.3 Å². The van der Waals surface area contributed by atoms with Gasteiger partial charge in [-0.05, 0) is 59.5 Å². The average Bonchev–Trinajstić information content (AvgIpc) is 3.24. The molecular formula is C22H17NO3S. The second kappa shape index (κ2) is 8.87. The molecule has 1 heterocycles. The van der Waals surface area contributed by atoms with Gasteiger partial charge in [0.25, 0.3) is 0 Å². The number of ketones is 1. The van der Waals surface area contributed by atoms with Gasteiger partial charge in [-0.1, -0.05) is 24.3 Å². The van der Waals surface area contributed by atoms with E-state index in [4.69, 9.17) is 0 Å². The van der Waals surface area contributed by atoms with E-state index in [9.17, 15) is 9.59 Å². The SMILES string of the molecule is COC(=O)c1ccc(/C=C/C(=O)c2ccc(N=Cc3cccs3)cc2)cc1. The van der Waals surface area contributed by atoms with Gasteiger partial charge in [-0.25, -0.2) is 4.79 Å². The van der Waals surface area contributed by atoms with E-state index >= 15 is 0 Å². The number of ether oxygens (including phenoxy) is 1. The molecule has 0 unspecified atom stereocenters. The molecule has 0 amide bonds. The summed E-state index contributed by atoms with van der Waals surface area (Å²) in [5, 5.41) is 2.00. The fourth-order valence-electron chi connectivity index (χ4n) is 2.33. The molecule has 0 aliphatic carbocycles. The third-order valence-corrected chi connectivity index (χ3v) is 4.60. The van der Waals surface area contributed by atoms with Gasteiger partial charge in [0.05, 0.1) is 18.4 Å². The molecule has 1 aromatic heterocycles. The Morgan fingerprint density at radius 2 is 1.67 bits per heavy atom. The van der Waals surface area contributed by atoms with Crippen LogP contribution in [0.3, 0.4) is 0 Å². The van der Waals surface area contributed by atoms with E-state index in [1.54, 1.807) is 60.0 Å². The number of carbonyl (C=O) groups is 2. The molecule has 0 aliphatic heterocycles. The van der Waals surface area contributed by atoms with Crippen molar-refractivity contribution in [2.45, 2.75) is 0 Å². The van der Waals surface area contributed by atoms with E-state index < -0.39 is 0 Å². The normalized spacial score (nSPS) is 11.1. The van der Waals surface area contributed by atoms with Crippen molar-refractivity contribution in [2.24, 2.45) is 4.99 Å². The van der Waals surface area contributed by atoms with Crippen molar-refractivity contribution in [3.63, 3.8) is 0 Å². The second-order valence-electron chi connectivity index (χ2n) is 5.63. The highest BCUT2D eigenvalue weighted by molar-refractivity contribution is 7.11. The lowest BCUT2D eigenvalue weighted by Gasteiger charge is -2.00. The molecule has 5 heteroatoms. The lowest BCUT2D eigenvalue weighted by Crippen LogP contribution is -2.00. The first-order valence-corrected chi connectivity index (χ1v) is 9.12. The zero-order valence-corrected chi connectivity index (χ0v) is 15.5. The van der Waals surface area contributed by atoms with Crippen LogP contribution in [0.5, 0.6) is 0 Å². The Kier molecular flexibility index (Phi) is 6.07. The number of esters is 1. The number of carbonyl (C=O) groups excluding carboxylic acids is 2. The van der Waals surface area contributed by atoms with E-state index in [0.29, 0.717) is 11.1 Å². The third kappa shape index (κ3) is 5.09. The van der Waals surface area contributed by atoms with E-state index in [-0.39, 0.29) is 11.8 Å². The molecule has 27 heavy (non-hydrogen) atoms. The van der Waals surface area contributed by atoms with Crippen LogP contribution in [-0.4, -0.2) is 25.1 Å². The van der Waals surface area contributed by atoms with E-state index in [0.717, 1.165) is 16.1 Å². The fourth-order valence-corrected chi connectivity index (χ4v) is 2.92. The standard InChI is InChI=1S/C22H17NO3S/c1-26-22(25)18-7-4-16(5-8-18)6-13-21(24)17-9-11-19(12-10-17)23-15-20-3-2-14-27-20/h2-15H,1H3/b13-6+,23-15?. The van der Waals surface area contributed by atoms with Crippen LogP contribution in [0, 0.1) is 0 Å². The second-order valence-corrected chi connectivity index (χ2v) is 6.61. The van der Waals surface area contributed by atoms with Crippen LogP contribution in [-0.2, 0) is 4.74 Å². The number of thiophene rings is 1. The Balaban J connectivity index is 1.63. The fraction of sp³-hybridized carbons (Fsp3) is 0.0455. The summed E-state index contributed by atoms with van der Waals surface area (Å²) in [5.41, 5.74) is 2.68. The number of methoxy groups -OCH3 is 1. The summed E-state index contributed by atoms with van der Waals surface area (Å²) in [4.78, 5) is 29.2. The maximum Gasteiger partial charge on any atom is 0.337 e. The molecule has 4 nitrogen and oxygen atoms in total. The van der Waals surface area contributed by atoms with E-state index in [1.165, 1.54) is 13.2 Å². The van der Waals surface area contributed by atoms with E-state index in [2.05, 4.69) is 9.73 Å². The highest BCUT2D eigenvalue weighted by Crippen LogP contribution is 2.15. The minimum Gasteiger partial charge on any atom is -0.465 e. The van der Waals surface area contributed by atoms with Crippen molar-refractivity contribution in [3.05, 3.63) is 93.7 Å². The van der Waals surface area contributed by atoms with Crippen LogP contribution in [0.4, 0.5) is 5.69 Å². The van der Waals surface area contributed by atoms with Crippen molar-refractivity contribution in [1.29, 1.82) is 0 Å². The van der Waals surface area contributed by atoms with Crippen LogP contribution in [0.1, 0.15) is 31.2 Å². The Morgan fingerprint density at radius 3 is 2.30 bits per heavy atom. The Labute approximate surface area is 161 Å². The quantitative estimate of drug-likeness (QED) is 0.258. The number of allylic oxidation sites excluding steroid dienone is 1. The molecule has 0 atom stereocenters. The van der Waals surface area contributed by atoms with Crippen LogP contribution < -0.4 is 0 Å². The van der Waals surface area contributed by atoms with Gasteiger partial charge in [-0.2, -0.15) is 0 Å². The molecule has 3 aromatic rings. The molecule has 134 valence electrons. The lowest BCUT2D eigenvalue weighted by molar-refractivity contribution is 0.0600. The predicted octanol–water partition coefficient (Wildman–Crippen LogP) is 5.18. The van der Waals surface area contributed by atoms with E-state index in [1.807, 2.05) is 29.6 Å². The largest absolute Gasteiger partial charge is 0.465 e. The number of nitrogens with zero attached hydrogens (tertiary/aromatic N) is 1. The summed E-state index contributed by atoms with van der Waals surface area (Å²) >= 11 is 1.62. The predicted molar refractivity (Wildman–Crippen MR) is 109 cm³/mol. The first-order chi connectivity index (χ1) is 13.2. The molecule has 0 N–H and O–H groups in total. The maximum absolute atomic E-state index is 12.3. The summed E-state index contributed by atoms with van der Waals surface area (Å²) < 4.78 is 4.66. The number of benzene rings is 2. The maximum atomic E-state index is 12.3. The summed E-state index contributed by atoms with van der Waals surface area (Å²) in [6.07, 6.45) is 5.03. The molecule has 0 spiro atoms. The van der Waals surface area contributed by atoms with Crippen molar-refractivity contribution >= 4 is 41.1 Å². The Hall–Kier alpha value is -3.31. The smallest absolute Gasteiger partial charge is 0.337 e. The van der Waals surface area contributed by atoms with Crippen molar-refractivity contribution in [1.82, 2.24) is 0 Å². The van der Waals surface area contributed by atoms with Crippen molar-refractivity contribution in [3.8, 4) is 0 Å². The van der Waals surface area contributed by atoms with Gasteiger partial charge in [0.2, 0.25) is 0 Å². The minimum absolute atomic E-state index is 0.0965. The number of rotatable bonds is 6. The number of hydrogen-bond donors (Lipinski definition) is 0. The van der Waals surface area contributed by atoms with Gasteiger partial charge in [0.1, 0.15) is 0 Å². The molecule has 2 aromatic carbocycles. The third-order valence-electron chi connectivity index (χ3n) is 3.79. The summed E-state index contributed by atoms with van der Waals surface area (Å²) in [7, 11) is 1.34. The van der Waals surface area contributed by atoms with Crippen LogP contribution >= 0.6 is 11.3 Å². The van der Waals surface area contributed by atoms with Crippen LogP contribution in [0.2, 0.25) is 0 Å².